The van der Waals surface area contributed by atoms with Crippen LogP contribution in [0.3, 0.4) is 0 Å². The molecule has 0 aromatic carbocycles. The number of nitrogens with zero attached hydrogens (tertiary/aromatic N) is 3. The Kier molecular flexibility index (Phi) is 4.16. The number of rotatable bonds is 5. The third kappa shape index (κ3) is 2.76. The zero-order valence-electron chi connectivity index (χ0n) is 11.8. The summed E-state index contributed by atoms with van der Waals surface area (Å²) >= 11 is 0. The molecule has 2 rings (SSSR count). The molecule has 2 aromatic rings. The fourth-order valence-corrected chi connectivity index (χ4v) is 2.14. The van der Waals surface area contributed by atoms with Gasteiger partial charge in [-0.1, -0.05) is 0 Å². The van der Waals surface area contributed by atoms with Crippen LogP contribution in [0, 0.1) is 6.92 Å². The molecule has 0 aliphatic heterocycles. The second kappa shape index (κ2) is 5.84. The van der Waals surface area contributed by atoms with Gasteiger partial charge in [-0.25, -0.2) is 0 Å². The minimum absolute atomic E-state index is 0.0709. The summed E-state index contributed by atoms with van der Waals surface area (Å²) < 4.78 is 7.38. The highest BCUT2D eigenvalue weighted by molar-refractivity contribution is 5.35. The second-order valence-corrected chi connectivity index (χ2v) is 4.42. The maximum atomic E-state index is 5.50. The Hall–Kier alpha value is -1.88. The Morgan fingerprint density at radius 3 is 2.74 bits per heavy atom. The predicted molar refractivity (Wildman–Crippen MR) is 74.3 cm³/mol. The molecule has 0 bridgehead atoms. The maximum absolute atomic E-state index is 5.50. The van der Waals surface area contributed by atoms with E-state index in [1.54, 1.807) is 6.20 Å². The lowest BCUT2D eigenvalue weighted by atomic mass is 10.0. The number of pyridine rings is 1. The third-order valence-electron chi connectivity index (χ3n) is 3.25. The van der Waals surface area contributed by atoms with Crippen molar-refractivity contribution in [2.24, 2.45) is 7.05 Å². The van der Waals surface area contributed by atoms with Crippen molar-refractivity contribution in [3.05, 3.63) is 41.5 Å². The van der Waals surface area contributed by atoms with Crippen molar-refractivity contribution in [1.29, 1.82) is 0 Å². The Balaban J connectivity index is 2.36. The van der Waals surface area contributed by atoms with Crippen LogP contribution in [0.15, 0.2) is 24.7 Å². The van der Waals surface area contributed by atoms with E-state index in [9.17, 15) is 0 Å². The summed E-state index contributed by atoms with van der Waals surface area (Å²) in [6.45, 7) is 4.67. The molecule has 0 fully saturated rings. The summed E-state index contributed by atoms with van der Waals surface area (Å²) in [7, 11) is 3.88. The van der Waals surface area contributed by atoms with Crippen LogP contribution in [0.4, 0.5) is 0 Å². The van der Waals surface area contributed by atoms with Gasteiger partial charge in [0.1, 0.15) is 5.75 Å². The molecule has 0 aliphatic rings. The van der Waals surface area contributed by atoms with Crippen LogP contribution in [0.25, 0.3) is 0 Å². The van der Waals surface area contributed by atoms with Crippen LogP contribution in [0.1, 0.15) is 29.8 Å². The predicted octanol–water partition coefficient (Wildman–Crippen LogP) is 1.83. The van der Waals surface area contributed by atoms with E-state index in [0.717, 1.165) is 22.6 Å². The third-order valence-corrected chi connectivity index (χ3v) is 3.25. The Morgan fingerprint density at radius 1 is 1.37 bits per heavy atom. The highest BCUT2D eigenvalue weighted by Gasteiger charge is 2.17. The van der Waals surface area contributed by atoms with E-state index >= 15 is 0 Å². The van der Waals surface area contributed by atoms with Gasteiger partial charge in [0.05, 0.1) is 25.0 Å². The van der Waals surface area contributed by atoms with Gasteiger partial charge in [-0.2, -0.15) is 5.10 Å². The zero-order chi connectivity index (χ0) is 13.8. The van der Waals surface area contributed by atoms with Crippen LogP contribution in [0.5, 0.6) is 5.75 Å². The Morgan fingerprint density at radius 2 is 2.16 bits per heavy atom. The molecule has 0 amide bonds. The molecule has 5 nitrogen and oxygen atoms in total. The van der Waals surface area contributed by atoms with E-state index in [2.05, 4.69) is 22.3 Å². The minimum atomic E-state index is 0.0709. The highest BCUT2D eigenvalue weighted by atomic mass is 16.5. The molecular formula is C14H20N4O. The van der Waals surface area contributed by atoms with E-state index in [0.29, 0.717) is 6.61 Å². The zero-order valence-corrected chi connectivity index (χ0v) is 11.8. The van der Waals surface area contributed by atoms with E-state index in [4.69, 9.17) is 4.74 Å². The SMILES string of the molecule is CCOc1cncc(C(NC)c2cnn(C)c2C)c1. The van der Waals surface area contributed by atoms with Gasteiger partial charge in [0.2, 0.25) is 0 Å². The number of aromatic nitrogens is 3. The van der Waals surface area contributed by atoms with Crippen molar-refractivity contribution >= 4 is 0 Å². The molecule has 5 heteroatoms. The van der Waals surface area contributed by atoms with Gasteiger partial charge in [0, 0.05) is 24.5 Å². The van der Waals surface area contributed by atoms with E-state index in [-0.39, 0.29) is 6.04 Å². The molecule has 0 saturated carbocycles. The van der Waals surface area contributed by atoms with Gasteiger partial charge >= 0.3 is 0 Å². The van der Waals surface area contributed by atoms with E-state index in [1.165, 1.54) is 0 Å². The van der Waals surface area contributed by atoms with Gasteiger partial charge in [-0.15, -0.1) is 0 Å². The number of nitrogens with one attached hydrogen (secondary N) is 1. The monoisotopic (exact) mass is 260 g/mol. The van der Waals surface area contributed by atoms with Crippen molar-refractivity contribution in [3.8, 4) is 5.75 Å². The Bertz CT molecular complexity index is 550. The molecule has 0 aliphatic carbocycles. The first-order chi connectivity index (χ1) is 9.17. The van der Waals surface area contributed by atoms with E-state index < -0.39 is 0 Å². The Labute approximate surface area is 113 Å². The molecule has 0 spiro atoms. The standard InChI is InChI=1S/C14H20N4O/c1-5-19-12-6-11(7-16-8-12)14(15-3)13-9-17-18(4)10(13)2/h6-9,14-15H,5H2,1-4H3. The number of hydrogen-bond acceptors (Lipinski definition) is 4. The van der Waals surface area contributed by atoms with Crippen LogP contribution >= 0.6 is 0 Å². The van der Waals surface area contributed by atoms with Gasteiger partial charge in [-0.05, 0) is 32.5 Å². The first kappa shape index (κ1) is 13.5. The van der Waals surface area contributed by atoms with Crippen LogP contribution in [-0.4, -0.2) is 28.4 Å². The lowest BCUT2D eigenvalue weighted by Gasteiger charge is -2.17. The average Bonchev–Trinajstić information content (AvgIpc) is 2.73. The average molecular weight is 260 g/mol. The number of hydrogen-bond donors (Lipinski definition) is 1. The first-order valence-electron chi connectivity index (χ1n) is 6.40. The minimum Gasteiger partial charge on any atom is -0.492 e. The van der Waals surface area contributed by atoms with Crippen LogP contribution < -0.4 is 10.1 Å². The van der Waals surface area contributed by atoms with E-state index in [1.807, 2.05) is 44.2 Å². The van der Waals surface area contributed by atoms with Gasteiger partial charge in [0.25, 0.3) is 0 Å². The second-order valence-electron chi connectivity index (χ2n) is 4.42. The van der Waals surface area contributed by atoms with Gasteiger partial charge in [-0.3, -0.25) is 9.67 Å². The number of ether oxygens (including phenoxy) is 1. The summed E-state index contributed by atoms with van der Waals surface area (Å²) in [4.78, 5) is 4.24. The van der Waals surface area contributed by atoms with Gasteiger partial charge < -0.3 is 10.1 Å². The smallest absolute Gasteiger partial charge is 0.137 e. The van der Waals surface area contributed by atoms with Crippen molar-refractivity contribution in [2.45, 2.75) is 19.9 Å². The molecular weight excluding hydrogens is 240 g/mol. The normalized spacial score (nSPS) is 12.4. The largest absolute Gasteiger partial charge is 0.492 e. The summed E-state index contributed by atoms with van der Waals surface area (Å²) in [6.07, 6.45) is 5.48. The van der Waals surface area contributed by atoms with Crippen LogP contribution in [0.2, 0.25) is 0 Å². The molecule has 1 unspecified atom stereocenters. The lowest BCUT2D eigenvalue weighted by molar-refractivity contribution is 0.338. The summed E-state index contributed by atoms with van der Waals surface area (Å²) in [5, 5.41) is 7.60. The van der Waals surface area contributed by atoms with Crippen molar-refractivity contribution in [2.75, 3.05) is 13.7 Å². The molecule has 0 saturated heterocycles. The van der Waals surface area contributed by atoms with Crippen molar-refractivity contribution < 1.29 is 4.74 Å². The molecule has 2 heterocycles. The van der Waals surface area contributed by atoms with Gasteiger partial charge in [0.15, 0.2) is 0 Å². The molecule has 2 aromatic heterocycles. The molecule has 102 valence electrons. The number of aryl methyl sites for hydroxylation is 1. The molecule has 0 radical (unpaired) electrons. The quantitative estimate of drug-likeness (QED) is 0.891. The van der Waals surface area contributed by atoms with Crippen LogP contribution in [-0.2, 0) is 7.05 Å². The summed E-state index contributed by atoms with van der Waals surface area (Å²) in [5.74, 6) is 0.793. The van der Waals surface area contributed by atoms with Crippen molar-refractivity contribution in [3.63, 3.8) is 0 Å². The lowest BCUT2D eigenvalue weighted by Crippen LogP contribution is -2.18. The molecule has 19 heavy (non-hydrogen) atoms. The summed E-state index contributed by atoms with van der Waals surface area (Å²) in [6, 6.07) is 2.09. The molecule has 1 atom stereocenters. The topological polar surface area (TPSA) is 52.0 Å². The fourth-order valence-electron chi connectivity index (χ4n) is 2.14. The highest BCUT2D eigenvalue weighted by Crippen LogP contribution is 2.25. The van der Waals surface area contributed by atoms with Crippen molar-refractivity contribution in [1.82, 2.24) is 20.1 Å². The fraction of sp³-hybridized carbons (Fsp3) is 0.429. The first-order valence-corrected chi connectivity index (χ1v) is 6.40. The summed E-state index contributed by atoms with van der Waals surface area (Å²) in [5.41, 5.74) is 3.37. The maximum Gasteiger partial charge on any atom is 0.137 e. The molecule has 1 N–H and O–H groups in total.